The summed E-state index contributed by atoms with van der Waals surface area (Å²) < 4.78 is 2.31. The molecule has 0 spiro atoms. The molecule has 4 heteroatoms. The highest BCUT2D eigenvalue weighted by Gasteiger charge is 2.21. The summed E-state index contributed by atoms with van der Waals surface area (Å²) >= 11 is 0. The van der Waals surface area contributed by atoms with Crippen LogP contribution in [0.3, 0.4) is 0 Å². The van der Waals surface area contributed by atoms with Crippen molar-refractivity contribution in [1.29, 1.82) is 0 Å². The van der Waals surface area contributed by atoms with Crippen LogP contribution >= 0.6 is 0 Å². The smallest absolute Gasteiger partial charge is 0.134 e. The lowest BCUT2D eigenvalue weighted by molar-refractivity contribution is 0.560. The van der Waals surface area contributed by atoms with Crippen LogP contribution in [-0.4, -0.2) is 27.4 Å². The summed E-state index contributed by atoms with van der Waals surface area (Å²) in [7, 11) is 0. The Morgan fingerprint density at radius 1 is 1.36 bits per heavy atom. The molecule has 1 aromatic rings. The van der Waals surface area contributed by atoms with Gasteiger partial charge < -0.3 is 9.88 Å². The fraction of sp³-hybridized carbons (Fsp3) is 0.800. The van der Waals surface area contributed by atoms with Crippen molar-refractivity contribution in [1.82, 2.24) is 20.1 Å². The Hall–Kier alpha value is -0.900. The van der Waals surface area contributed by atoms with Gasteiger partial charge in [-0.15, -0.1) is 10.2 Å². The quantitative estimate of drug-likeness (QED) is 0.743. The Morgan fingerprint density at radius 2 is 2.36 bits per heavy atom. The highest BCUT2D eigenvalue weighted by molar-refractivity contribution is 5.02. The van der Waals surface area contributed by atoms with Crippen LogP contribution in [-0.2, 0) is 19.4 Å². The van der Waals surface area contributed by atoms with Crippen molar-refractivity contribution in [2.75, 3.05) is 6.54 Å². The van der Waals surface area contributed by atoms with Gasteiger partial charge in [-0.25, -0.2) is 0 Å². The Morgan fingerprint density at radius 3 is 3.21 bits per heavy atom. The number of hydrogen-bond donors (Lipinski definition) is 1. The van der Waals surface area contributed by atoms with Gasteiger partial charge in [-0.05, 0) is 25.8 Å². The Balaban J connectivity index is 1.76. The lowest BCUT2D eigenvalue weighted by Gasteiger charge is -2.09. The molecule has 0 aromatic carbocycles. The number of rotatable bonds is 2. The first-order chi connectivity index (χ1) is 6.93. The molecule has 2 aliphatic rings. The van der Waals surface area contributed by atoms with Crippen molar-refractivity contribution in [3.05, 3.63) is 11.6 Å². The second kappa shape index (κ2) is 3.35. The molecule has 0 saturated carbocycles. The van der Waals surface area contributed by atoms with Gasteiger partial charge in [0.05, 0.1) is 0 Å². The van der Waals surface area contributed by atoms with Gasteiger partial charge in [0.25, 0.3) is 0 Å². The Kier molecular flexibility index (Phi) is 2.01. The van der Waals surface area contributed by atoms with Gasteiger partial charge in [-0.2, -0.15) is 0 Å². The molecule has 4 nitrogen and oxygen atoms in total. The molecule has 1 atom stereocenters. The van der Waals surface area contributed by atoms with Gasteiger partial charge in [0.2, 0.25) is 0 Å². The van der Waals surface area contributed by atoms with Crippen LogP contribution in [0.5, 0.6) is 0 Å². The van der Waals surface area contributed by atoms with E-state index in [0.29, 0.717) is 6.04 Å². The van der Waals surface area contributed by atoms with E-state index in [-0.39, 0.29) is 0 Å². The fourth-order valence-corrected chi connectivity index (χ4v) is 2.51. The monoisotopic (exact) mass is 192 g/mol. The van der Waals surface area contributed by atoms with E-state index in [4.69, 9.17) is 0 Å². The minimum atomic E-state index is 0.642. The number of aryl methyl sites for hydroxylation is 1. The first-order valence-corrected chi connectivity index (χ1v) is 5.58. The largest absolute Gasteiger partial charge is 0.315 e. The second-order valence-corrected chi connectivity index (χ2v) is 4.29. The van der Waals surface area contributed by atoms with Gasteiger partial charge in [-0.3, -0.25) is 0 Å². The van der Waals surface area contributed by atoms with Crippen molar-refractivity contribution in [2.24, 2.45) is 0 Å². The van der Waals surface area contributed by atoms with Crippen LogP contribution in [0.15, 0.2) is 0 Å². The number of nitrogens with zero attached hydrogens (tertiary/aromatic N) is 3. The van der Waals surface area contributed by atoms with E-state index in [2.05, 4.69) is 20.1 Å². The topological polar surface area (TPSA) is 42.7 Å². The lowest BCUT2D eigenvalue weighted by atomic mass is 10.1. The van der Waals surface area contributed by atoms with Crippen molar-refractivity contribution in [3.8, 4) is 0 Å². The summed E-state index contributed by atoms with van der Waals surface area (Å²) in [4.78, 5) is 0. The predicted octanol–water partition coefficient (Wildman–Crippen LogP) is 0.519. The van der Waals surface area contributed by atoms with Crippen molar-refractivity contribution in [3.63, 3.8) is 0 Å². The molecule has 1 N–H and O–H groups in total. The molecule has 1 aromatic heterocycles. The van der Waals surface area contributed by atoms with E-state index in [9.17, 15) is 0 Å². The molecule has 1 unspecified atom stereocenters. The van der Waals surface area contributed by atoms with E-state index < -0.39 is 0 Å². The van der Waals surface area contributed by atoms with E-state index in [1.165, 1.54) is 37.5 Å². The average Bonchev–Trinajstić information content (AvgIpc) is 2.85. The number of aromatic nitrogens is 3. The Bertz CT molecular complexity index is 325. The van der Waals surface area contributed by atoms with Crippen molar-refractivity contribution >= 4 is 0 Å². The highest BCUT2D eigenvalue weighted by Crippen LogP contribution is 2.17. The van der Waals surface area contributed by atoms with Gasteiger partial charge >= 0.3 is 0 Å². The Labute approximate surface area is 83.7 Å². The minimum absolute atomic E-state index is 0.642. The zero-order valence-electron chi connectivity index (χ0n) is 8.37. The third-order valence-corrected chi connectivity index (χ3v) is 3.28. The van der Waals surface area contributed by atoms with Crippen LogP contribution in [0.25, 0.3) is 0 Å². The molecule has 0 amide bonds. The molecule has 14 heavy (non-hydrogen) atoms. The second-order valence-electron chi connectivity index (χ2n) is 4.29. The minimum Gasteiger partial charge on any atom is -0.315 e. The summed E-state index contributed by atoms with van der Waals surface area (Å²) in [6.07, 6.45) is 6.03. The van der Waals surface area contributed by atoms with Crippen LogP contribution in [0.1, 0.15) is 30.9 Å². The maximum absolute atomic E-state index is 4.27. The van der Waals surface area contributed by atoms with Gasteiger partial charge in [0.1, 0.15) is 11.6 Å². The summed E-state index contributed by atoms with van der Waals surface area (Å²) in [5.74, 6) is 2.38. The summed E-state index contributed by atoms with van der Waals surface area (Å²) in [5.41, 5.74) is 0. The fourth-order valence-electron chi connectivity index (χ4n) is 2.51. The summed E-state index contributed by atoms with van der Waals surface area (Å²) in [6.45, 7) is 2.30. The van der Waals surface area contributed by atoms with E-state index >= 15 is 0 Å². The SMILES string of the molecule is C1CNC(Cc2nnc3n2CCC3)C1. The average molecular weight is 192 g/mol. The third kappa shape index (κ3) is 1.34. The van der Waals surface area contributed by atoms with Crippen molar-refractivity contribution < 1.29 is 0 Å². The number of nitrogens with one attached hydrogen (secondary N) is 1. The van der Waals surface area contributed by atoms with Crippen molar-refractivity contribution in [2.45, 2.75) is 44.7 Å². The number of hydrogen-bond acceptors (Lipinski definition) is 3. The third-order valence-electron chi connectivity index (χ3n) is 3.28. The molecule has 0 bridgehead atoms. The van der Waals surface area contributed by atoms with Gasteiger partial charge in [0.15, 0.2) is 0 Å². The van der Waals surface area contributed by atoms with Crippen LogP contribution < -0.4 is 5.32 Å². The molecular weight excluding hydrogens is 176 g/mol. The van der Waals surface area contributed by atoms with E-state index in [1.807, 2.05) is 0 Å². The van der Waals surface area contributed by atoms with Gasteiger partial charge in [0, 0.05) is 25.4 Å². The molecule has 3 heterocycles. The standard InChI is InChI=1S/C10H16N4/c1-3-8(11-5-1)7-10-13-12-9-4-2-6-14(9)10/h8,11H,1-7H2. The molecule has 2 aliphatic heterocycles. The zero-order valence-corrected chi connectivity index (χ0v) is 8.37. The zero-order chi connectivity index (χ0) is 9.38. The summed E-state index contributed by atoms with van der Waals surface area (Å²) in [5, 5.41) is 12.0. The maximum Gasteiger partial charge on any atom is 0.134 e. The highest BCUT2D eigenvalue weighted by atomic mass is 15.3. The van der Waals surface area contributed by atoms with Gasteiger partial charge in [-0.1, -0.05) is 0 Å². The normalized spacial score (nSPS) is 25.6. The maximum atomic E-state index is 4.27. The van der Waals surface area contributed by atoms with Crippen LogP contribution in [0.4, 0.5) is 0 Å². The molecular formula is C10H16N4. The predicted molar refractivity (Wildman–Crippen MR) is 53.1 cm³/mol. The van der Waals surface area contributed by atoms with E-state index in [1.54, 1.807) is 0 Å². The molecule has 76 valence electrons. The first kappa shape index (κ1) is 8.41. The first-order valence-electron chi connectivity index (χ1n) is 5.58. The lowest BCUT2D eigenvalue weighted by Crippen LogP contribution is -2.25. The number of fused-ring (bicyclic) bond motifs is 1. The molecule has 1 fully saturated rings. The molecule has 3 rings (SSSR count). The van der Waals surface area contributed by atoms with Crippen LogP contribution in [0.2, 0.25) is 0 Å². The molecule has 0 aliphatic carbocycles. The molecule has 0 radical (unpaired) electrons. The summed E-state index contributed by atoms with van der Waals surface area (Å²) in [6, 6.07) is 0.642. The van der Waals surface area contributed by atoms with E-state index in [0.717, 1.165) is 19.4 Å². The molecule has 1 saturated heterocycles. The van der Waals surface area contributed by atoms with Crippen LogP contribution in [0, 0.1) is 0 Å².